The smallest absolute Gasteiger partial charge is 0.164 e. The fraction of sp³-hybridized carbons (Fsp3) is 0.308. The Balaban J connectivity index is 2.77. The highest BCUT2D eigenvalue weighted by Crippen LogP contribution is 2.44. The molecule has 2 rings (SSSR count). The second kappa shape index (κ2) is 5.40. The molecule has 0 unspecified atom stereocenters. The van der Waals surface area contributed by atoms with Gasteiger partial charge in [0.2, 0.25) is 0 Å². The van der Waals surface area contributed by atoms with Gasteiger partial charge in [-0.2, -0.15) is 5.10 Å². The number of nitrogens with one attached hydrogen (secondary N) is 1. The number of nitrogens with two attached hydrogens (primary N) is 1. The van der Waals surface area contributed by atoms with Crippen LogP contribution in [0.2, 0.25) is 5.02 Å². The standard InChI is InChI=1S/C13H16ClN3O2/c1-4-7-11(8-6-16-17-13(8)15)9(14)5-10(18-2)12(7)19-3/h5-6H,4H2,1-3H3,(H3,15,16,17). The summed E-state index contributed by atoms with van der Waals surface area (Å²) in [6.07, 6.45) is 2.39. The van der Waals surface area contributed by atoms with Crippen LogP contribution >= 0.6 is 11.6 Å². The number of rotatable bonds is 4. The van der Waals surface area contributed by atoms with Gasteiger partial charge in [-0.05, 0) is 6.42 Å². The Morgan fingerprint density at radius 2 is 2.11 bits per heavy atom. The quantitative estimate of drug-likeness (QED) is 0.904. The Morgan fingerprint density at radius 3 is 2.58 bits per heavy atom. The van der Waals surface area contributed by atoms with Crippen LogP contribution in [0, 0.1) is 0 Å². The van der Waals surface area contributed by atoms with E-state index in [1.165, 1.54) is 0 Å². The first kappa shape index (κ1) is 13.5. The summed E-state index contributed by atoms with van der Waals surface area (Å²) in [4.78, 5) is 0. The number of nitrogen functional groups attached to an aromatic ring is 1. The summed E-state index contributed by atoms with van der Waals surface area (Å²) in [5, 5.41) is 7.20. The summed E-state index contributed by atoms with van der Waals surface area (Å²) < 4.78 is 10.7. The second-order valence-electron chi connectivity index (χ2n) is 4.00. The molecule has 0 aliphatic heterocycles. The van der Waals surface area contributed by atoms with E-state index in [-0.39, 0.29) is 0 Å². The highest BCUT2D eigenvalue weighted by Gasteiger charge is 2.20. The van der Waals surface area contributed by atoms with Gasteiger partial charge in [0.15, 0.2) is 11.5 Å². The predicted molar refractivity (Wildman–Crippen MR) is 75.9 cm³/mol. The number of ether oxygens (including phenoxy) is 2. The lowest BCUT2D eigenvalue weighted by molar-refractivity contribution is 0.352. The third-order valence-corrected chi connectivity index (χ3v) is 3.31. The lowest BCUT2D eigenvalue weighted by atomic mass is 9.98. The fourth-order valence-electron chi connectivity index (χ4n) is 2.16. The molecule has 0 aliphatic rings. The van der Waals surface area contributed by atoms with Crippen molar-refractivity contribution in [1.29, 1.82) is 0 Å². The SMILES string of the molecule is CCc1c(OC)c(OC)cc(Cl)c1-c1cn[nH]c1N. The highest BCUT2D eigenvalue weighted by molar-refractivity contribution is 6.34. The summed E-state index contributed by atoms with van der Waals surface area (Å²) in [7, 11) is 3.19. The molecule has 0 bridgehead atoms. The molecular formula is C13H16ClN3O2. The first-order valence-corrected chi connectivity index (χ1v) is 6.24. The minimum absolute atomic E-state index is 0.476. The maximum Gasteiger partial charge on any atom is 0.164 e. The summed E-state index contributed by atoms with van der Waals surface area (Å²) in [5.41, 5.74) is 8.42. The van der Waals surface area contributed by atoms with E-state index in [2.05, 4.69) is 10.2 Å². The summed E-state index contributed by atoms with van der Waals surface area (Å²) in [6.45, 7) is 2.02. The molecule has 2 aromatic rings. The topological polar surface area (TPSA) is 73.2 Å². The Kier molecular flexibility index (Phi) is 3.85. The first-order valence-electron chi connectivity index (χ1n) is 5.86. The monoisotopic (exact) mass is 281 g/mol. The molecule has 0 spiro atoms. The van der Waals surface area contributed by atoms with Crippen molar-refractivity contribution < 1.29 is 9.47 Å². The van der Waals surface area contributed by atoms with Gasteiger partial charge in [-0.15, -0.1) is 0 Å². The molecule has 0 amide bonds. The van der Waals surface area contributed by atoms with E-state index in [4.69, 9.17) is 26.8 Å². The Labute approximate surface area is 116 Å². The third-order valence-electron chi connectivity index (χ3n) is 3.01. The lowest BCUT2D eigenvalue weighted by Crippen LogP contribution is -2.00. The zero-order valence-corrected chi connectivity index (χ0v) is 11.8. The number of aromatic amines is 1. The van der Waals surface area contributed by atoms with E-state index in [0.29, 0.717) is 22.3 Å². The number of benzene rings is 1. The lowest BCUT2D eigenvalue weighted by Gasteiger charge is -2.17. The number of anilines is 1. The van der Waals surface area contributed by atoms with Crippen molar-refractivity contribution >= 4 is 17.4 Å². The fourth-order valence-corrected chi connectivity index (χ4v) is 2.47. The Morgan fingerprint density at radius 1 is 1.37 bits per heavy atom. The van der Waals surface area contributed by atoms with Crippen LogP contribution in [-0.2, 0) is 6.42 Å². The van der Waals surface area contributed by atoms with E-state index >= 15 is 0 Å². The second-order valence-corrected chi connectivity index (χ2v) is 4.41. The highest BCUT2D eigenvalue weighted by atomic mass is 35.5. The molecule has 0 saturated heterocycles. The van der Waals surface area contributed by atoms with Gasteiger partial charge in [0.25, 0.3) is 0 Å². The minimum Gasteiger partial charge on any atom is -0.493 e. The molecule has 19 heavy (non-hydrogen) atoms. The summed E-state index contributed by atoms with van der Waals surface area (Å²) in [6, 6.07) is 1.72. The van der Waals surface area contributed by atoms with Crippen LogP contribution in [0.1, 0.15) is 12.5 Å². The molecule has 0 saturated carbocycles. The molecule has 0 fully saturated rings. The molecule has 1 aromatic carbocycles. The number of H-pyrrole nitrogens is 1. The van der Waals surface area contributed by atoms with Gasteiger partial charge in [-0.25, -0.2) is 0 Å². The van der Waals surface area contributed by atoms with Crippen molar-refractivity contribution in [3.8, 4) is 22.6 Å². The molecule has 6 heteroatoms. The van der Waals surface area contributed by atoms with E-state index in [9.17, 15) is 0 Å². The van der Waals surface area contributed by atoms with Crippen molar-refractivity contribution in [1.82, 2.24) is 10.2 Å². The van der Waals surface area contributed by atoms with Crippen molar-refractivity contribution in [3.63, 3.8) is 0 Å². The number of nitrogens with zero attached hydrogens (tertiary/aromatic N) is 1. The van der Waals surface area contributed by atoms with Gasteiger partial charge in [0.05, 0.1) is 25.4 Å². The number of aromatic nitrogens is 2. The minimum atomic E-state index is 0.476. The summed E-state index contributed by atoms with van der Waals surface area (Å²) >= 11 is 6.35. The van der Waals surface area contributed by atoms with E-state index < -0.39 is 0 Å². The third kappa shape index (κ3) is 2.21. The van der Waals surface area contributed by atoms with Crippen molar-refractivity contribution in [3.05, 3.63) is 22.8 Å². The molecule has 1 aromatic heterocycles. The molecule has 0 aliphatic carbocycles. The Hall–Kier alpha value is -1.88. The molecule has 0 atom stereocenters. The van der Waals surface area contributed by atoms with Crippen LogP contribution in [-0.4, -0.2) is 24.4 Å². The van der Waals surface area contributed by atoms with Gasteiger partial charge in [0, 0.05) is 22.8 Å². The molecule has 3 N–H and O–H groups in total. The van der Waals surface area contributed by atoms with E-state index in [1.54, 1.807) is 26.5 Å². The predicted octanol–water partition coefficient (Wildman–Crippen LogP) is 2.89. The first-order chi connectivity index (χ1) is 9.13. The van der Waals surface area contributed by atoms with Crippen molar-refractivity contribution in [2.75, 3.05) is 20.0 Å². The van der Waals surface area contributed by atoms with Crippen LogP contribution in [0.4, 0.5) is 5.82 Å². The number of methoxy groups -OCH3 is 2. The Bertz CT molecular complexity index is 596. The van der Waals surface area contributed by atoms with Crippen molar-refractivity contribution in [2.45, 2.75) is 13.3 Å². The van der Waals surface area contributed by atoms with Gasteiger partial charge in [-0.3, -0.25) is 5.10 Å². The number of halogens is 1. The van der Waals surface area contributed by atoms with Gasteiger partial charge >= 0.3 is 0 Å². The maximum absolute atomic E-state index is 6.35. The van der Waals surface area contributed by atoms with Crippen LogP contribution in [0.5, 0.6) is 11.5 Å². The van der Waals surface area contributed by atoms with Crippen LogP contribution in [0.15, 0.2) is 12.3 Å². The maximum atomic E-state index is 6.35. The molecule has 5 nitrogen and oxygen atoms in total. The zero-order valence-electron chi connectivity index (χ0n) is 11.1. The zero-order chi connectivity index (χ0) is 14.0. The van der Waals surface area contributed by atoms with Gasteiger partial charge < -0.3 is 15.2 Å². The average molecular weight is 282 g/mol. The van der Waals surface area contributed by atoms with E-state index in [1.807, 2.05) is 6.92 Å². The number of hydrogen-bond donors (Lipinski definition) is 2. The number of hydrogen-bond acceptors (Lipinski definition) is 4. The average Bonchev–Trinajstić information content (AvgIpc) is 2.83. The van der Waals surface area contributed by atoms with Crippen LogP contribution in [0.3, 0.4) is 0 Å². The van der Waals surface area contributed by atoms with Crippen molar-refractivity contribution in [2.24, 2.45) is 0 Å². The largest absolute Gasteiger partial charge is 0.493 e. The summed E-state index contributed by atoms with van der Waals surface area (Å²) in [5.74, 6) is 1.75. The molecule has 0 radical (unpaired) electrons. The van der Waals surface area contributed by atoms with Crippen LogP contribution in [0.25, 0.3) is 11.1 Å². The molecule has 102 valence electrons. The molecular weight excluding hydrogens is 266 g/mol. The molecule has 1 heterocycles. The van der Waals surface area contributed by atoms with E-state index in [0.717, 1.165) is 23.1 Å². The van der Waals surface area contributed by atoms with Gasteiger partial charge in [0.1, 0.15) is 5.82 Å². The van der Waals surface area contributed by atoms with Gasteiger partial charge in [-0.1, -0.05) is 18.5 Å². The normalized spacial score (nSPS) is 10.5. The van der Waals surface area contributed by atoms with Crippen LogP contribution < -0.4 is 15.2 Å².